The number of carbonyl (C=O) groups excluding carboxylic acids is 1. The summed E-state index contributed by atoms with van der Waals surface area (Å²) in [7, 11) is 1.00. The molecule has 1 rings (SSSR count). The van der Waals surface area contributed by atoms with E-state index in [-0.39, 0.29) is 5.82 Å². The van der Waals surface area contributed by atoms with E-state index in [4.69, 9.17) is 9.90 Å². The van der Waals surface area contributed by atoms with Crippen LogP contribution in [-0.2, 0) is 4.79 Å². The Bertz CT molecular complexity index is 186. The van der Waals surface area contributed by atoms with Gasteiger partial charge in [0.05, 0.1) is 0 Å². The Kier molecular flexibility index (Phi) is 24.5. The van der Waals surface area contributed by atoms with Crippen LogP contribution in [0.1, 0.15) is 5.56 Å². The minimum atomic E-state index is -0.132. The summed E-state index contributed by atoms with van der Waals surface area (Å²) in [5, 5.41) is 7.00. The van der Waals surface area contributed by atoms with Gasteiger partial charge in [-0.25, -0.2) is 4.39 Å². The molecule has 0 spiro atoms. The molecule has 0 atom stereocenters. The molecule has 1 aromatic carbocycles. The summed E-state index contributed by atoms with van der Waals surface area (Å²) in [6.07, 6.45) is 0. The van der Waals surface area contributed by atoms with Crippen molar-refractivity contribution in [3.8, 4) is 0 Å². The zero-order valence-electron chi connectivity index (χ0n) is 8.63. The van der Waals surface area contributed by atoms with Gasteiger partial charge < -0.3 is 9.90 Å². The zero-order chi connectivity index (χ0) is 12.0. The number of alkyl halides is 1. The van der Waals surface area contributed by atoms with E-state index >= 15 is 0 Å². The number of halogens is 2. The molecule has 0 saturated heterocycles. The number of hydrogen-bond acceptors (Lipinski definition) is 2. The van der Waals surface area contributed by atoms with Crippen molar-refractivity contribution in [1.82, 2.24) is 0 Å². The lowest BCUT2D eigenvalue weighted by molar-refractivity contribution is -0.0979. The molecule has 0 amide bonds. The van der Waals surface area contributed by atoms with Crippen molar-refractivity contribution in [2.75, 3.05) is 12.9 Å². The maximum absolute atomic E-state index is 12.3. The highest BCUT2D eigenvalue weighted by atomic mass is 79.9. The summed E-state index contributed by atoms with van der Waals surface area (Å²) >= 11 is 2.94. The molecule has 4 heteroatoms. The van der Waals surface area contributed by atoms with E-state index in [9.17, 15) is 4.39 Å². The first-order chi connectivity index (χ1) is 6.80. The SMILES string of the molecule is C=O.CBr.CO.Cc1ccccc1F. The molecule has 1 N–H and O–H groups in total. The Hall–Kier alpha value is -0.740. The average Bonchev–Trinajstić information content (AvgIpc) is 2.31. The highest BCUT2D eigenvalue weighted by Gasteiger charge is 1.88. The third-order valence-electron chi connectivity index (χ3n) is 1.08. The second kappa shape index (κ2) is 18.1. The van der Waals surface area contributed by atoms with E-state index in [1.807, 2.05) is 18.7 Å². The van der Waals surface area contributed by atoms with Gasteiger partial charge in [0.2, 0.25) is 0 Å². The van der Waals surface area contributed by atoms with Crippen LogP contribution in [0.3, 0.4) is 0 Å². The van der Waals surface area contributed by atoms with Gasteiger partial charge in [0, 0.05) is 7.11 Å². The lowest BCUT2D eigenvalue weighted by atomic mass is 10.2. The van der Waals surface area contributed by atoms with Gasteiger partial charge in [-0.2, -0.15) is 0 Å². The van der Waals surface area contributed by atoms with E-state index in [0.717, 1.165) is 7.11 Å². The van der Waals surface area contributed by atoms with Gasteiger partial charge in [-0.15, -0.1) is 0 Å². The standard InChI is InChI=1S/C7H7F.CH3Br.CH4O.CH2O/c1-6-4-2-3-5-7(6)8;3*1-2/h2-5H,1H3;1H3;2H,1H3;1H2. The minimum Gasteiger partial charge on any atom is -0.400 e. The van der Waals surface area contributed by atoms with Gasteiger partial charge >= 0.3 is 0 Å². The van der Waals surface area contributed by atoms with Crippen LogP contribution in [0.25, 0.3) is 0 Å². The van der Waals surface area contributed by atoms with Crippen molar-refractivity contribution in [1.29, 1.82) is 0 Å². The second-order valence-corrected chi connectivity index (χ2v) is 1.75. The summed E-state index contributed by atoms with van der Waals surface area (Å²) in [5.74, 6) is 1.68. The first-order valence-corrected chi connectivity index (χ1v) is 5.22. The Labute approximate surface area is 92.9 Å². The van der Waals surface area contributed by atoms with E-state index in [0.29, 0.717) is 5.56 Å². The molecule has 0 aliphatic carbocycles. The Morgan fingerprint density at radius 1 is 1.21 bits per heavy atom. The van der Waals surface area contributed by atoms with E-state index < -0.39 is 0 Å². The minimum absolute atomic E-state index is 0.132. The third-order valence-corrected chi connectivity index (χ3v) is 1.08. The molecule has 2 nitrogen and oxygen atoms in total. The maximum Gasteiger partial charge on any atom is 0.126 e. The third kappa shape index (κ3) is 11.3. The van der Waals surface area contributed by atoms with Gasteiger partial charge in [-0.05, 0) is 24.4 Å². The first-order valence-electron chi connectivity index (χ1n) is 3.63. The van der Waals surface area contributed by atoms with Crippen molar-refractivity contribution >= 4 is 22.7 Å². The first kappa shape index (κ1) is 18.9. The predicted octanol–water partition coefficient (Wildman–Crippen LogP) is 2.57. The number of aliphatic hydroxyl groups is 1. The summed E-state index contributed by atoms with van der Waals surface area (Å²) in [5.41, 5.74) is 0.701. The van der Waals surface area contributed by atoms with Crippen LogP contribution in [0.2, 0.25) is 0 Å². The predicted molar refractivity (Wildman–Crippen MR) is 61.3 cm³/mol. The smallest absolute Gasteiger partial charge is 0.126 e. The van der Waals surface area contributed by atoms with E-state index in [2.05, 4.69) is 15.9 Å². The largest absolute Gasteiger partial charge is 0.400 e. The average molecular weight is 267 g/mol. The van der Waals surface area contributed by atoms with Gasteiger partial charge in [0.25, 0.3) is 0 Å². The fourth-order valence-corrected chi connectivity index (χ4v) is 0.551. The lowest BCUT2D eigenvalue weighted by Crippen LogP contribution is -1.76. The summed E-state index contributed by atoms with van der Waals surface area (Å²) in [4.78, 5) is 8.00. The molecule has 0 radical (unpaired) electrons. The quantitative estimate of drug-likeness (QED) is 0.733. The molecule has 14 heavy (non-hydrogen) atoms. The van der Waals surface area contributed by atoms with Crippen molar-refractivity contribution in [2.24, 2.45) is 0 Å². The Morgan fingerprint density at radius 2 is 1.57 bits per heavy atom. The highest BCUT2D eigenvalue weighted by Crippen LogP contribution is 2.01. The van der Waals surface area contributed by atoms with E-state index in [1.54, 1.807) is 19.1 Å². The maximum atomic E-state index is 12.3. The monoisotopic (exact) mass is 266 g/mol. The van der Waals surface area contributed by atoms with Crippen LogP contribution in [-0.4, -0.2) is 24.8 Å². The number of hydrogen-bond donors (Lipinski definition) is 1. The molecule has 0 bridgehead atoms. The topological polar surface area (TPSA) is 37.3 Å². The molecule has 0 aliphatic heterocycles. The van der Waals surface area contributed by atoms with Crippen LogP contribution in [0.5, 0.6) is 0 Å². The molecular formula is C10H16BrFO2. The van der Waals surface area contributed by atoms with Gasteiger partial charge in [0.15, 0.2) is 0 Å². The van der Waals surface area contributed by atoms with Gasteiger partial charge in [0.1, 0.15) is 12.6 Å². The zero-order valence-corrected chi connectivity index (χ0v) is 10.2. The number of rotatable bonds is 0. The van der Waals surface area contributed by atoms with Gasteiger partial charge in [-0.3, -0.25) is 0 Å². The Morgan fingerprint density at radius 3 is 1.79 bits per heavy atom. The molecule has 0 aromatic heterocycles. The fourth-order valence-electron chi connectivity index (χ4n) is 0.551. The number of aryl methyl sites for hydroxylation is 1. The Balaban J connectivity index is -0.000000174. The van der Waals surface area contributed by atoms with Crippen molar-refractivity contribution in [2.45, 2.75) is 6.92 Å². The number of aliphatic hydroxyl groups excluding tert-OH is 1. The molecule has 1 aromatic rings. The van der Waals surface area contributed by atoms with Crippen molar-refractivity contribution in [3.05, 3.63) is 35.6 Å². The second-order valence-electron chi connectivity index (χ2n) is 1.75. The molecule has 0 heterocycles. The lowest BCUT2D eigenvalue weighted by Gasteiger charge is -1.89. The van der Waals surface area contributed by atoms with Crippen molar-refractivity contribution < 1.29 is 14.3 Å². The van der Waals surface area contributed by atoms with Crippen molar-refractivity contribution in [3.63, 3.8) is 0 Å². The molecule has 82 valence electrons. The molecule has 0 fully saturated rings. The highest BCUT2D eigenvalue weighted by molar-refractivity contribution is 9.08. The number of benzene rings is 1. The fraction of sp³-hybridized carbons (Fsp3) is 0.300. The normalized spacial score (nSPS) is 6.43. The molecule has 0 aliphatic rings. The van der Waals surface area contributed by atoms with Gasteiger partial charge in [-0.1, -0.05) is 34.1 Å². The molecule has 0 saturated carbocycles. The summed E-state index contributed by atoms with van der Waals surface area (Å²) in [6.45, 7) is 3.75. The number of carbonyl (C=O) groups is 1. The van der Waals surface area contributed by atoms with Crippen LogP contribution in [0.15, 0.2) is 24.3 Å². The molecule has 0 unspecified atom stereocenters. The van der Waals surface area contributed by atoms with Crippen LogP contribution < -0.4 is 0 Å². The summed E-state index contributed by atoms with van der Waals surface area (Å²) < 4.78 is 12.3. The van der Waals surface area contributed by atoms with Crippen LogP contribution in [0, 0.1) is 12.7 Å². The van der Waals surface area contributed by atoms with Crippen LogP contribution >= 0.6 is 15.9 Å². The summed E-state index contributed by atoms with van der Waals surface area (Å²) in [6, 6.07) is 6.70. The van der Waals surface area contributed by atoms with E-state index in [1.165, 1.54) is 6.07 Å². The molecular weight excluding hydrogens is 251 g/mol. The van der Waals surface area contributed by atoms with Crippen LogP contribution in [0.4, 0.5) is 4.39 Å².